The fraction of sp³-hybridized carbons (Fsp3) is 0.385. The number of aromatic nitrogens is 5. The van der Waals surface area contributed by atoms with Crippen molar-refractivity contribution in [2.75, 3.05) is 11.9 Å². The summed E-state index contributed by atoms with van der Waals surface area (Å²) in [5.74, 6) is 0.484. The Kier molecular flexibility index (Phi) is 6.61. The molecule has 194 valence electrons. The Morgan fingerprint density at radius 3 is 2.62 bits per heavy atom. The van der Waals surface area contributed by atoms with Crippen LogP contribution in [-0.4, -0.2) is 37.0 Å². The third kappa shape index (κ3) is 5.03. The van der Waals surface area contributed by atoms with E-state index in [1.165, 1.54) is 16.7 Å². The third-order valence-electron chi connectivity index (χ3n) is 6.65. The number of anilines is 1. The monoisotopic (exact) mass is 512 g/mol. The maximum absolute atomic E-state index is 13.3. The highest BCUT2D eigenvalue weighted by Crippen LogP contribution is 2.39. The molecule has 1 aliphatic rings. The van der Waals surface area contributed by atoms with Gasteiger partial charge in [0.05, 0.1) is 17.7 Å². The summed E-state index contributed by atoms with van der Waals surface area (Å²) in [7, 11) is 1.69. The van der Waals surface area contributed by atoms with Crippen molar-refractivity contribution in [3.63, 3.8) is 0 Å². The van der Waals surface area contributed by atoms with Gasteiger partial charge in [-0.25, -0.2) is 9.97 Å². The highest BCUT2D eigenvalue weighted by atomic mass is 19.4. The van der Waals surface area contributed by atoms with Gasteiger partial charge < -0.3 is 14.6 Å². The molecule has 5 rings (SSSR count). The van der Waals surface area contributed by atoms with E-state index in [1.54, 1.807) is 25.5 Å². The molecule has 0 atom stereocenters. The molecule has 0 unspecified atom stereocenters. The number of hydrogen-bond acceptors (Lipinski definition) is 6. The maximum Gasteiger partial charge on any atom is 0.437 e. The summed E-state index contributed by atoms with van der Waals surface area (Å²) in [4.78, 5) is 20.3. The Hall–Kier alpha value is -3.89. The summed E-state index contributed by atoms with van der Waals surface area (Å²) >= 11 is 0. The first-order valence-corrected chi connectivity index (χ1v) is 12.2. The zero-order valence-electron chi connectivity index (χ0n) is 20.5. The van der Waals surface area contributed by atoms with Crippen molar-refractivity contribution in [3.05, 3.63) is 65.0 Å². The molecule has 4 heterocycles. The average molecular weight is 513 g/mol. The van der Waals surface area contributed by atoms with E-state index in [9.17, 15) is 18.0 Å². The molecule has 0 spiro atoms. The van der Waals surface area contributed by atoms with Crippen molar-refractivity contribution in [2.24, 2.45) is 7.05 Å². The largest absolute Gasteiger partial charge is 0.488 e. The van der Waals surface area contributed by atoms with E-state index in [0.29, 0.717) is 43.5 Å². The predicted octanol–water partition coefficient (Wildman–Crippen LogP) is 5.21. The molecule has 0 bridgehead atoms. The van der Waals surface area contributed by atoms with E-state index in [-0.39, 0.29) is 23.5 Å². The second kappa shape index (κ2) is 9.87. The van der Waals surface area contributed by atoms with Crippen LogP contribution in [0.2, 0.25) is 0 Å². The summed E-state index contributed by atoms with van der Waals surface area (Å²) in [6.45, 7) is 2.70. The van der Waals surface area contributed by atoms with E-state index in [1.807, 2.05) is 23.7 Å². The van der Waals surface area contributed by atoms with Crippen LogP contribution in [-0.2, 0) is 13.2 Å². The number of pyridine rings is 3. The molecular weight excluding hydrogens is 485 g/mol. The molecule has 4 aromatic rings. The molecule has 37 heavy (non-hydrogen) atoms. The van der Waals surface area contributed by atoms with Gasteiger partial charge in [-0.15, -0.1) is 0 Å². The molecular formula is C26H27F3N6O2. The number of hydrogen-bond donors (Lipinski definition) is 1. The summed E-state index contributed by atoms with van der Waals surface area (Å²) in [5, 5.41) is 8.97. The average Bonchev–Trinajstić information content (AvgIpc) is 3.25. The zero-order chi connectivity index (χ0) is 26.2. The number of alkyl halides is 3. The Labute approximate surface area is 211 Å². The summed E-state index contributed by atoms with van der Waals surface area (Å²) in [5.41, 5.74) is 1.13. The SMILES string of the molecule is CCNc1cc2c(cn1)c(-c1ccn(C)c(=O)c1)nn2[C@H]1CC[C@@H](Oc2cccnc2C(F)(F)F)CC1. The lowest BCUT2D eigenvalue weighted by molar-refractivity contribution is -0.143. The van der Waals surface area contributed by atoms with E-state index in [4.69, 9.17) is 9.84 Å². The first-order valence-electron chi connectivity index (χ1n) is 12.2. The van der Waals surface area contributed by atoms with Crippen LogP contribution >= 0.6 is 0 Å². The number of aryl methyl sites for hydroxylation is 1. The topological polar surface area (TPSA) is 86.9 Å². The van der Waals surface area contributed by atoms with Crippen molar-refractivity contribution in [1.29, 1.82) is 0 Å². The minimum atomic E-state index is -4.57. The fourth-order valence-corrected chi connectivity index (χ4v) is 4.78. The lowest BCUT2D eigenvalue weighted by Gasteiger charge is -2.30. The fourth-order valence-electron chi connectivity index (χ4n) is 4.78. The summed E-state index contributed by atoms with van der Waals surface area (Å²) in [6.07, 6.45) is 2.17. The van der Waals surface area contributed by atoms with Gasteiger partial charge in [0.2, 0.25) is 0 Å². The molecule has 0 aromatic carbocycles. The third-order valence-corrected chi connectivity index (χ3v) is 6.65. The minimum absolute atomic E-state index is 0.0236. The van der Waals surface area contributed by atoms with Crippen LogP contribution in [0.5, 0.6) is 5.75 Å². The van der Waals surface area contributed by atoms with E-state index < -0.39 is 11.9 Å². The first kappa shape index (κ1) is 24.8. The Balaban J connectivity index is 1.43. The van der Waals surface area contributed by atoms with Crippen LogP contribution in [0.4, 0.5) is 19.0 Å². The van der Waals surface area contributed by atoms with Gasteiger partial charge in [-0.1, -0.05) is 0 Å². The Morgan fingerprint density at radius 1 is 1.14 bits per heavy atom. The normalized spacial score (nSPS) is 18.2. The van der Waals surface area contributed by atoms with Crippen molar-refractivity contribution in [1.82, 2.24) is 24.3 Å². The van der Waals surface area contributed by atoms with Crippen LogP contribution in [0.25, 0.3) is 22.2 Å². The number of fused-ring (bicyclic) bond motifs is 1. The van der Waals surface area contributed by atoms with Crippen molar-refractivity contribution >= 4 is 16.7 Å². The second-order valence-electron chi connectivity index (χ2n) is 9.17. The van der Waals surface area contributed by atoms with Crippen LogP contribution in [0.1, 0.15) is 44.3 Å². The number of nitrogens with zero attached hydrogens (tertiary/aromatic N) is 5. The number of ether oxygens (including phenoxy) is 1. The van der Waals surface area contributed by atoms with Crippen LogP contribution in [0.15, 0.2) is 53.7 Å². The first-order chi connectivity index (χ1) is 17.7. The van der Waals surface area contributed by atoms with E-state index in [2.05, 4.69) is 15.3 Å². The van der Waals surface area contributed by atoms with Gasteiger partial charge in [-0.05, 0) is 50.8 Å². The molecule has 8 nitrogen and oxygen atoms in total. The minimum Gasteiger partial charge on any atom is -0.488 e. The van der Waals surface area contributed by atoms with E-state index in [0.717, 1.165) is 22.9 Å². The molecule has 0 radical (unpaired) electrons. The molecule has 0 saturated heterocycles. The maximum atomic E-state index is 13.3. The molecule has 1 N–H and O–H groups in total. The molecule has 4 aromatic heterocycles. The van der Waals surface area contributed by atoms with E-state index >= 15 is 0 Å². The molecule has 11 heteroatoms. The molecule has 0 amide bonds. The van der Waals surface area contributed by atoms with Gasteiger partial charge in [-0.2, -0.15) is 18.3 Å². The zero-order valence-corrected chi connectivity index (χ0v) is 20.5. The molecule has 1 saturated carbocycles. The number of halogens is 3. The number of rotatable bonds is 6. The lowest BCUT2D eigenvalue weighted by atomic mass is 9.93. The Bertz CT molecular complexity index is 1470. The molecule has 1 aliphatic carbocycles. The van der Waals surface area contributed by atoms with Crippen LogP contribution in [0.3, 0.4) is 0 Å². The van der Waals surface area contributed by atoms with Crippen molar-refractivity contribution in [3.8, 4) is 17.0 Å². The molecule has 1 fully saturated rings. The summed E-state index contributed by atoms with van der Waals surface area (Å²) < 4.78 is 49.2. The van der Waals surface area contributed by atoms with Gasteiger partial charge in [0.25, 0.3) is 5.56 Å². The quantitative estimate of drug-likeness (QED) is 0.382. The molecule has 0 aliphatic heterocycles. The second-order valence-corrected chi connectivity index (χ2v) is 9.17. The lowest BCUT2D eigenvalue weighted by Crippen LogP contribution is -2.27. The summed E-state index contributed by atoms with van der Waals surface area (Å²) in [6, 6.07) is 8.14. The van der Waals surface area contributed by atoms with Crippen LogP contribution in [0, 0.1) is 0 Å². The standard InChI is InChI=1S/C26H27F3N6O2/c1-3-30-22-14-20-19(15-32-22)24(16-10-12-34(2)23(36)13-16)33-35(20)17-6-8-18(9-7-17)37-21-5-4-11-31-25(21)26(27,28)29/h4-5,10-15,17-18H,3,6-9H2,1-2H3,(H,30,32)/t17-,18+. The van der Waals surface area contributed by atoms with Gasteiger partial charge in [-0.3, -0.25) is 9.48 Å². The smallest absolute Gasteiger partial charge is 0.437 e. The Morgan fingerprint density at radius 2 is 1.92 bits per heavy atom. The van der Waals surface area contributed by atoms with Gasteiger partial charge in [0, 0.05) is 55.3 Å². The van der Waals surface area contributed by atoms with Gasteiger partial charge in [0.1, 0.15) is 11.5 Å². The number of nitrogens with one attached hydrogen (secondary N) is 1. The highest BCUT2D eigenvalue weighted by molar-refractivity contribution is 5.93. The van der Waals surface area contributed by atoms with Gasteiger partial charge >= 0.3 is 6.18 Å². The van der Waals surface area contributed by atoms with Gasteiger partial charge in [0.15, 0.2) is 11.4 Å². The van der Waals surface area contributed by atoms with Crippen LogP contribution < -0.4 is 15.6 Å². The predicted molar refractivity (Wildman–Crippen MR) is 134 cm³/mol. The van der Waals surface area contributed by atoms with Crippen molar-refractivity contribution in [2.45, 2.75) is 50.9 Å². The van der Waals surface area contributed by atoms with Crippen molar-refractivity contribution < 1.29 is 17.9 Å². The highest BCUT2D eigenvalue weighted by Gasteiger charge is 2.37.